The molecule has 10 nitrogen and oxygen atoms in total. The molecule has 212 valence electrons. The minimum atomic E-state index is -1.36. The lowest BCUT2D eigenvalue weighted by molar-refractivity contribution is 0.0288. The Kier molecular flexibility index (Phi) is 9.95. The second kappa shape index (κ2) is 13.0. The van der Waals surface area contributed by atoms with Crippen LogP contribution in [0, 0.1) is 11.6 Å². The molecule has 2 aromatic rings. The van der Waals surface area contributed by atoms with Crippen molar-refractivity contribution in [3.05, 3.63) is 64.7 Å². The molecule has 3 rings (SSSR count). The van der Waals surface area contributed by atoms with E-state index < -0.39 is 52.7 Å². The fourth-order valence-corrected chi connectivity index (χ4v) is 3.87. The first kappa shape index (κ1) is 29.9. The predicted molar refractivity (Wildman–Crippen MR) is 137 cm³/mol. The van der Waals surface area contributed by atoms with Crippen molar-refractivity contribution in [1.82, 2.24) is 10.2 Å². The Hall–Kier alpha value is -3.61. The van der Waals surface area contributed by atoms with E-state index in [9.17, 15) is 23.2 Å². The minimum Gasteiger partial charge on any atom is -0.490 e. The monoisotopic (exact) mass is 549 g/mol. The lowest BCUT2D eigenvalue weighted by atomic mass is 10.00. The third-order valence-corrected chi connectivity index (χ3v) is 5.75. The Morgan fingerprint density at radius 3 is 2.33 bits per heavy atom. The van der Waals surface area contributed by atoms with Gasteiger partial charge in [0.1, 0.15) is 23.5 Å². The van der Waals surface area contributed by atoms with Crippen molar-refractivity contribution in [2.75, 3.05) is 39.5 Å². The van der Waals surface area contributed by atoms with Gasteiger partial charge in [-0.2, -0.15) is 0 Å². The van der Waals surface area contributed by atoms with Gasteiger partial charge in [-0.3, -0.25) is 9.59 Å². The summed E-state index contributed by atoms with van der Waals surface area (Å²) in [5.74, 6) is -4.06. The molecule has 2 amide bonds. The highest BCUT2D eigenvalue weighted by Gasteiger charge is 2.36. The molecule has 2 atom stereocenters. The molecule has 1 aliphatic rings. The van der Waals surface area contributed by atoms with E-state index in [1.807, 2.05) is 0 Å². The smallest absolute Gasteiger partial charge is 0.410 e. The summed E-state index contributed by atoms with van der Waals surface area (Å²) in [7, 11) is 0. The van der Waals surface area contributed by atoms with E-state index in [1.165, 1.54) is 29.2 Å². The number of halogens is 2. The maximum Gasteiger partial charge on any atom is 0.410 e. The lowest BCUT2D eigenvalue weighted by Gasteiger charge is -2.24. The van der Waals surface area contributed by atoms with Crippen molar-refractivity contribution < 1.29 is 42.5 Å². The minimum absolute atomic E-state index is 0.00565. The molecular formula is C27H33F2N3O7. The van der Waals surface area contributed by atoms with Gasteiger partial charge in [0.15, 0.2) is 17.4 Å². The van der Waals surface area contributed by atoms with Gasteiger partial charge in [-0.15, -0.1) is 0 Å². The summed E-state index contributed by atoms with van der Waals surface area (Å²) in [5, 5.41) is 11.5. The largest absolute Gasteiger partial charge is 0.490 e. The van der Waals surface area contributed by atoms with Crippen molar-refractivity contribution in [3.63, 3.8) is 0 Å². The second-order valence-electron chi connectivity index (χ2n) is 9.95. The average molecular weight is 550 g/mol. The number of carbonyl (C=O) groups is 3. The van der Waals surface area contributed by atoms with Crippen molar-refractivity contribution in [2.24, 2.45) is 5.73 Å². The van der Waals surface area contributed by atoms with Crippen LogP contribution in [0.4, 0.5) is 13.6 Å². The van der Waals surface area contributed by atoms with E-state index in [0.29, 0.717) is 0 Å². The SMILES string of the molecule is CC(C)(C)OC(=O)N1C[C@@H](N)[C@H](NC(=O)c2ccc(C(=O)c3c(OCCOCCO)ccc(F)c3F)cc2)C1. The zero-order chi connectivity index (χ0) is 28.7. The summed E-state index contributed by atoms with van der Waals surface area (Å²) in [4.78, 5) is 39.6. The van der Waals surface area contributed by atoms with E-state index in [2.05, 4.69) is 5.32 Å². The van der Waals surface area contributed by atoms with Crippen LogP contribution in [0.1, 0.15) is 47.1 Å². The second-order valence-corrected chi connectivity index (χ2v) is 9.95. The van der Waals surface area contributed by atoms with Crippen LogP contribution in [0.5, 0.6) is 5.75 Å². The zero-order valence-corrected chi connectivity index (χ0v) is 22.0. The predicted octanol–water partition coefficient (Wildman–Crippen LogP) is 2.26. The van der Waals surface area contributed by atoms with E-state index in [1.54, 1.807) is 20.8 Å². The maximum atomic E-state index is 14.6. The number of amides is 2. The molecule has 2 aromatic carbocycles. The highest BCUT2D eigenvalue weighted by Crippen LogP contribution is 2.27. The molecule has 1 aliphatic heterocycles. The number of aliphatic hydroxyl groups excluding tert-OH is 1. The number of hydrogen-bond acceptors (Lipinski definition) is 8. The molecule has 0 spiro atoms. The van der Waals surface area contributed by atoms with Crippen LogP contribution in [0.2, 0.25) is 0 Å². The number of nitrogens with zero attached hydrogens (tertiary/aromatic N) is 1. The topological polar surface area (TPSA) is 140 Å². The number of aliphatic hydroxyl groups is 1. The molecule has 39 heavy (non-hydrogen) atoms. The maximum absolute atomic E-state index is 14.6. The number of benzene rings is 2. The number of rotatable bonds is 10. The Balaban J connectivity index is 1.67. The Labute approximate surface area is 225 Å². The van der Waals surface area contributed by atoms with Crippen molar-refractivity contribution in [2.45, 2.75) is 38.5 Å². The van der Waals surface area contributed by atoms with Gasteiger partial charge in [-0.05, 0) is 45.0 Å². The average Bonchev–Trinajstić information content (AvgIpc) is 3.25. The van der Waals surface area contributed by atoms with E-state index in [0.717, 1.165) is 12.1 Å². The molecule has 0 unspecified atom stereocenters. The Bertz CT molecular complexity index is 1190. The fourth-order valence-electron chi connectivity index (χ4n) is 3.87. The summed E-state index contributed by atoms with van der Waals surface area (Å²) < 4.78 is 44.4. The molecule has 1 saturated heterocycles. The first-order valence-corrected chi connectivity index (χ1v) is 12.4. The number of ether oxygens (including phenoxy) is 3. The van der Waals surface area contributed by atoms with Gasteiger partial charge in [0.05, 0.1) is 25.9 Å². The zero-order valence-electron chi connectivity index (χ0n) is 22.0. The number of ketones is 1. The summed E-state index contributed by atoms with van der Waals surface area (Å²) in [6.45, 7) is 5.55. The Morgan fingerprint density at radius 2 is 1.69 bits per heavy atom. The van der Waals surface area contributed by atoms with Crippen LogP contribution in [-0.4, -0.2) is 85.0 Å². The molecule has 0 radical (unpaired) electrons. The first-order valence-electron chi connectivity index (χ1n) is 12.4. The first-order chi connectivity index (χ1) is 18.4. The van der Waals surface area contributed by atoms with Crippen molar-refractivity contribution in [3.8, 4) is 5.75 Å². The fraction of sp³-hybridized carbons (Fsp3) is 0.444. The molecule has 1 heterocycles. The molecular weight excluding hydrogens is 516 g/mol. The molecule has 12 heteroatoms. The van der Waals surface area contributed by atoms with Gasteiger partial charge in [0.2, 0.25) is 0 Å². The molecule has 1 fully saturated rings. The van der Waals surface area contributed by atoms with E-state index in [4.69, 9.17) is 25.1 Å². The summed E-state index contributed by atoms with van der Waals surface area (Å²) in [5.41, 5.74) is 5.07. The standard InChI is InChI=1S/C27H33F2N3O7/c1-27(2,3)39-26(36)32-14-19(30)20(15-32)31-25(35)17-6-4-16(5-7-17)24(34)22-21(9-8-18(28)23(22)29)38-13-12-37-11-10-33/h4-9,19-20,33H,10-15,30H2,1-3H3,(H,31,35)/t19-,20-/m1/s1. The van der Waals surface area contributed by atoms with Crippen LogP contribution in [0.15, 0.2) is 36.4 Å². The van der Waals surface area contributed by atoms with Crippen LogP contribution in [-0.2, 0) is 9.47 Å². The van der Waals surface area contributed by atoms with Crippen LogP contribution in [0.3, 0.4) is 0 Å². The number of hydrogen-bond donors (Lipinski definition) is 3. The molecule has 0 bridgehead atoms. The van der Waals surface area contributed by atoms with Crippen LogP contribution in [0.25, 0.3) is 0 Å². The number of carbonyl (C=O) groups excluding carboxylic acids is 3. The van der Waals surface area contributed by atoms with Crippen LogP contribution < -0.4 is 15.8 Å². The van der Waals surface area contributed by atoms with Crippen LogP contribution >= 0.6 is 0 Å². The van der Waals surface area contributed by atoms with Gasteiger partial charge in [0, 0.05) is 30.3 Å². The summed E-state index contributed by atoms with van der Waals surface area (Å²) >= 11 is 0. The third-order valence-electron chi connectivity index (χ3n) is 5.75. The van der Waals surface area contributed by atoms with Crippen molar-refractivity contribution in [1.29, 1.82) is 0 Å². The van der Waals surface area contributed by atoms with Gasteiger partial charge in [-0.1, -0.05) is 12.1 Å². The van der Waals surface area contributed by atoms with E-state index >= 15 is 0 Å². The number of nitrogens with two attached hydrogens (primary N) is 1. The Morgan fingerprint density at radius 1 is 1.03 bits per heavy atom. The van der Waals surface area contributed by atoms with E-state index in [-0.39, 0.29) is 56.4 Å². The molecule has 0 aliphatic carbocycles. The van der Waals surface area contributed by atoms with Gasteiger partial charge in [0.25, 0.3) is 5.91 Å². The number of nitrogens with one attached hydrogen (secondary N) is 1. The summed E-state index contributed by atoms with van der Waals surface area (Å²) in [6.07, 6.45) is -0.525. The van der Waals surface area contributed by atoms with Gasteiger partial charge < -0.3 is 35.3 Å². The normalized spacial score (nSPS) is 17.2. The van der Waals surface area contributed by atoms with Crippen molar-refractivity contribution >= 4 is 17.8 Å². The van der Waals surface area contributed by atoms with Gasteiger partial charge >= 0.3 is 6.09 Å². The third kappa shape index (κ3) is 7.94. The number of likely N-dealkylation sites (tertiary alicyclic amines) is 1. The molecule has 4 N–H and O–H groups in total. The molecule has 0 aromatic heterocycles. The van der Waals surface area contributed by atoms with Gasteiger partial charge in [-0.25, -0.2) is 13.6 Å². The molecule has 0 saturated carbocycles. The highest BCUT2D eigenvalue weighted by atomic mass is 19.2. The summed E-state index contributed by atoms with van der Waals surface area (Å²) in [6, 6.07) is 6.34. The lowest BCUT2D eigenvalue weighted by Crippen LogP contribution is -2.46. The quantitative estimate of drug-likeness (QED) is 0.303. The highest BCUT2D eigenvalue weighted by molar-refractivity contribution is 6.11.